The zero-order valence-electron chi connectivity index (χ0n) is 17.2. The summed E-state index contributed by atoms with van der Waals surface area (Å²) in [5.74, 6) is -0.988. The number of ketones is 1. The summed E-state index contributed by atoms with van der Waals surface area (Å²) in [6, 6.07) is 4.31. The van der Waals surface area contributed by atoms with Gasteiger partial charge in [0.15, 0.2) is 8.32 Å². The van der Waals surface area contributed by atoms with E-state index in [9.17, 15) is 23.1 Å². The maximum atomic E-state index is 12.7. The SMILES string of the molecule is CC(=O)[C@@H](CCO[Si](C)(C)C(C)(C)C)[C@](C)(O)c1ccc(C(F)(F)F)cc1. The normalized spacial score (nSPS) is 16.7. The summed E-state index contributed by atoms with van der Waals surface area (Å²) in [5, 5.41) is 11.0. The highest BCUT2D eigenvalue weighted by atomic mass is 28.4. The molecule has 0 heterocycles. The molecule has 0 unspecified atom stereocenters. The lowest BCUT2D eigenvalue weighted by molar-refractivity contribution is -0.138. The van der Waals surface area contributed by atoms with Crippen molar-refractivity contribution in [3.8, 4) is 0 Å². The first-order valence-corrected chi connectivity index (χ1v) is 12.0. The lowest BCUT2D eigenvalue weighted by atomic mass is 9.78. The van der Waals surface area contributed by atoms with Crippen molar-refractivity contribution < 1.29 is 27.5 Å². The fourth-order valence-electron chi connectivity index (χ4n) is 2.73. The fourth-order valence-corrected chi connectivity index (χ4v) is 3.79. The quantitative estimate of drug-likeness (QED) is 0.608. The highest BCUT2D eigenvalue weighted by molar-refractivity contribution is 6.74. The van der Waals surface area contributed by atoms with Crippen LogP contribution in [0, 0.1) is 5.92 Å². The van der Waals surface area contributed by atoms with Crippen LogP contribution in [-0.4, -0.2) is 25.8 Å². The van der Waals surface area contributed by atoms with Crippen LogP contribution < -0.4 is 0 Å². The second-order valence-electron chi connectivity index (χ2n) is 8.78. The highest BCUT2D eigenvalue weighted by Crippen LogP contribution is 2.38. The van der Waals surface area contributed by atoms with Crippen molar-refractivity contribution in [3.63, 3.8) is 0 Å². The van der Waals surface area contributed by atoms with Crippen molar-refractivity contribution in [1.82, 2.24) is 0 Å². The van der Waals surface area contributed by atoms with Crippen molar-refractivity contribution >= 4 is 14.1 Å². The van der Waals surface area contributed by atoms with Crippen molar-refractivity contribution in [2.45, 2.75) is 70.9 Å². The Labute approximate surface area is 161 Å². The van der Waals surface area contributed by atoms with E-state index < -0.39 is 31.6 Å². The number of benzene rings is 1. The average Bonchev–Trinajstić information content (AvgIpc) is 2.49. The van der Waals surface area contributed by atoms with Crippen molar-refractivity contribution in [2.24, 2.45) is 5.92 Å². The molecule has 154 valence electrons. The molecular formula is C20H31F3O3Si. The van der Waals surface area contributed by atoms with E-state index in [-0.39, 0.29) is 16.4 Å². The zero-order valence-corrected chi connectivity index (χ0v) is 18.2. The maximum Gasteiger partial charge on any atom is 0.416 e. The van der Waals surface area contributed by atoms with Gasteiger partial charge in [-0.1, -0.05) is 32.9 Å². The molecule has 7 heteroatoms. The number of alkyl halides is 3. The average molecular weight is 405 g/mol. The molecule has 0 fully saturated rings. The molecule has 2 atom stereocenters. The molecule has 0 saturated heterocycles. The fraction of sp³-hybridized carbons (Fsp3) is 0.650. The third-order valence-electron chi connectivity index (χ3n) is 5.64. The Kier molecular flexibility index (Phi) is 7.11. The topological polar surface area (TPSA) is 46.5 Å². The molecule has 0 aliphatic rings. The minimum absolute atomic E-state index is 0.0225. The van der Waals surface area contributed by atoms with E-state index in [1.807, 2.05) is 0 Å². The number of carbonyl (C=O) groups is 1. The number of hydrogen-bond donors (Lipinski definition) is 1. The predicted molar refractivity (Wildman–Crippen MR) is 103 cm³/mol. The van der Waals surface area contributed by atoms with Gasteiger partial charge in [-0.3, -0.25) is 4.79 Å². The molecule has 0 aliphatic carbocycles. The summed E-state index contributed by atoms with van der Waals surface area (Å²) < 4.78 is 44.3. The molecule has 1 N–H and O–H groups in total. The van der Waals surface area contributed by atoms with Gasteiger partial charge in [0.25, 0.3) is 0 Å². The van der Waals surface area contributed by atoms with Gasteiger partial charge in [0.1, 0.15) is 5.78 Å². The van der Waals surface area contributed by atoms with Crippen LogP contribution in [0.4, 0.5) is 13.2 Å². The molecule has 1 rings (SSSR count). The summed E-state index contributed by atoms with van der Waals surface area (Å²) in [6.45, 7) is 13.7. The maximum absolute atomic E-state index is 12.7. The highest BCUT2D eigenvalue weighted by Gasteiger charge is 2.40. The third kappa shape index (κ3) is 5.89. The Hall–Kier alpha value is -1.18. The molecule has 27 heavy (non-hydrogen) atoms. The lowest BCUT2D eigenvalue weighted by Crippen LogP contribution is -2.42. The Morgan fingerprint density at radius 2 is 1.52 bits per heavy atom. The second kappa shape index (κ2) is 8.05. The number of Topliss-reactive ketones (excluding diaryl/α,β-unsaturated/α-hetero) is 1. The van der Waals surface area contributed by atoms with Crippen LogP contribution in [0.25, 0.3) is 0 Å². The summed E-state index contributed by atoms with van der Waals surface area (Å²) in [7, 11) is -1.99. The van der Waals surface area contributed by atoms with E-state index in [0.717, 1.165) is 12.1 Å². The van der Waals surface area contributed by atoms with Gasteiger partial charge < -0.3 is 9.53 Å². The van der Waals surface area contributed by atoms with Crippen LogP contribution in [-0.2, 0) is 21.0 Å². The van der Waals surface area contributed by atoms with Gasteiger partial charge in [0.2, 0.25) is 0 Å². The number of hydrogen-bond acceptors (Lipinski definition) is 3. The van der Waals surface area contributed by atoms with E-state index in [2.05, 4.69) is 33.9 Å². The summed E-state index contributed by atoms with van der Waals surface area (Å²) in [6.07, 6.45) is -4.14. The summed E-state index contributed by atoms with van der Waals surface area (Å²) in [4.78, 5) is 12.2. The van der Waals surface area contributed by atoms with Crippen molar-refractivity contribution in [2.75, 3.05) is 6.61 Å². The standard InChI is InChI=1S/C20H31F3O3Si/c1-14(24)17(12-13-26-27(6,7)18(2,3)4)19(5,25)15-8-10-16(11-9-15)20(21,22)23/h8-11,17,25H,12-13H2,1-7H3/t17-,19-/m1/s1. The van der Waals surface area contributed by atoms with Gasteiger partial charge in [-0.2, -0.15) is 13.2 Å². The molecular weight excluding hydrogens is 373 g/mol. The van der Waals surface area contributed by atoms with Gasteiger partial charge in [-0.05, 0) is 56.1 Å². The van der Waals surface area contributed by atoms with Crippen LogP contribution in [0.5, 0.6) is 0 Å². The molecule has 0 saturated carbocycles. The minimum Gasteiger partial charge on any atom is -0.417 e. The van der Waals surface area contributed by atoms with E-state index >= 15 is 0 Å². The molecule has 0 aromatic heterocycles. The molecule has 1 aromatic rings. The Morgan fingerprint density at radius 3 is 1.89 bits per heavy atom. The monoisotopic (exact) mass is 404 g/mol. The molecule has 3 nitrogen and oxygen atoms in total. The Bertz CT molecular complexity index is 644. The number of rotatable bonds is 7. The first kappa shape index (κ1) is 23.9. The van der Waals surface area contributed by atoms with Crippen LogP contribution in [0.2, 0.25) is 18.1 Å². The van der Waals surface area contributed by atoms with Gasteiger partial charge >= 0.3 is 6.18 Å². The molecule has 0 spiro atoms. The van der Waals surface area contributed by atoms with E-state index in [0.29, 0.717) is 13.0 Å². The number of aliphatic hydroxyl groups is 1. The lowest BCUT2D eigenvalue weighted by Gasteiger charge is -2.37. The van der Waals surface area contributed by atoms with Crippen LogP contribution in [0.15, 0.2) is 24.3 Å². The van der Waals surface area contributed by atoms with Crippen molar-refractivity contribution in [3.05, 3.63) is 35.4 Å². The van der Waals surface area contributed by atoms with E-state index in [1.54, 1.807) is 0 Å². The largest absolute Gasteiger partial charge is 0.417 e. The molecule has 0 aliphatic heterocycles. The van der Waals surface area contributed by atoms with Gasteiger partial charge in [0.05, 0.1) is 17.1 Å². The van der Waals surface area contributed by atoms with Gasteiger partial charge in [0, 0.05) is 6.61 Å². The molecule has 0 radical (unpaired) electrons. The first-order valence-electron chi connectivity index (χ1n) is 9.04. The smallest absolute Gasteiger partial charge is 0.416 e. The third-order valence-corrected chi connectivity index (χ3v) is 10.2. The predicted octanol–water partition coefficient (Wildman–Crippen LogP) is 5.53. The van der Waals surface area contributed by atoms with Crippen LogP contribution in [0.1, 0.15) is 52.2 Å². The molecule has 0 bridgehead atoms. The second-order valence-corrected chi connectivity index (χ2v) is 13.6. The minimum atomic E-state index is -4.44. The van der Waals surface area contributed by atoms with Crippen molar-refractivity contribution in [1.29, 1.82) is 0 Å². The summed E-state index contributed by atoms with van der Waals surface area (Å²) >= 11 is 0. The van der Waals surface area contributed by atoms with Gasteiger partial charge in [-0.25, -0.2) is 0 Å². The zero-order chi connectivity index (χ0) is 21.3. The number of carbonyl (C=O) groups excluding carboxylic acids is 1. The Balaban J connectivity index is 2.97. The van der Waals surface area contributed by atoms with Crippen LogP contribution in [0.3, 0.4) is 0 Å². The molecule has 1 aromatic carbocycles. The van der Waals surface area contributed by atoms with Crippen LogP contribution >= 0.6 is 0 Å². The first-order chi connectivity index (χ1) is 12.0. The summed E-state index contributed by atoms with van der Waals surface area (Å²) in [5.41, 5.74) is -2.09. The molecule has 0 amide bonds. The van der Waals surface area contributed by atoms with E-state index in [4.69, 9.17) is 4.43 Å². The van der Waals surface area contributed by atoms with E-state index in [1.165, 1.54) is 26.0 Å². The number of halogens is 3. The Morgan fingerprint density at radius 1 is 1.07 bits per heavy atom. The van der Waals surface area contributed by atoms with Gasteiger partial charge in [-0.15, -0.1) is 0 Å².